The number of rotatable bonds is 6. The second-order valence-corrected chi connectivity index (χ2v) is 6.91. The number of thioether (sulfide) groups is 1. The van der Waals surface area contributed by atoms with Gasteiger partial charge in [-0.2, -0.15) is 0 Å². The molecule has 0 aromatic heterocycles. The minimum Gasteiger partial charge on any atom is -0.481 e. The molecule has 4 nitrogen and oxygen atoms in total. The number of hydrogen-bond donors (Lipinski definition) is 2. The van der Waals surface area contributed by atoms with Crippen molar-refractivity contribution in [3.05, 3.63) is 35.4 Å². The molecule has 2 atom stereocenters. The summed E-state index contributed by atoms with van der Waals surface area (Å²) in [7, 11) is 0. The van der Waals surface area contributed by atoms with Gasteiger partial charge in [0, 0.05) is 23.6 Å². The van der Waals surface area contributed by atoms with E-state index < -0.39 is 5.97 Å². The van der Waals surface area contributed by atoms with Gasteiger partial charge in [0.2, 0.25) is 5.91 Å². The van der Waals surface area contributed by atoms with Crippen molar-refractivity contribution in [2.75, 3.05) is 18.1 Å². The van der Waals surface area contributed by atoms with E-state index >= 15 is 0 Å². The molecule has 2 unspecified atom stereocenters. The first-order valence-corrected chi connectivity index (χ1v) is 8.44. The summed E-state index contributed by atoms with van der Waals surface area (Å²) in [5.74, 6) is 0.161. The van der Waals surface area contributed by atoms with Gasteiger partial charge < -0.3 is 10.4 Å². The maximum Gasteiger partial charge on any atom is 0.313 e. The number of benzene rings is 1. The first-order valence-electron chi connectivity index (χ1n) is 7.29. The minimum atomic E-state index is -0.810. The van der Waals surface area contributed by atoms with Crippen molar-refractivity contribution < 1.29 is 14.7 Å². The van der Waals surface area contributed by atoms with Gasteiger partial charge in [0.05, 0.1) is 5.75 Å². The fourth-order valence-electron chi connectivity index (χ4n) is 3.47. The van der Waals surface area contributed by atoms with Crippen LogP contribution in [0, 0.1) is 5.92 Å². The Morgan fingerprint density at radius 1 is 1.38 bits per heavy atom. The second-order valence-electron chi connectivity index (χ2n) is 5.81. The third kappa shape index (κ3) is 2.79. The molecule has 1 spiro atoms. The van der Waals surface area contributed by atoms with Gasteiger partial charge in [0.25, 0.3) is 0 Å². The fraction of sp³-hybridized carbons (Fsp3) is 0.500. The fourth-order valence-corrected chi connectivity index (χ4v) is 4.03. The van der Waals surface area contributed by atoms with E-state index in [1.807, 2.05) is 0 Å². The van der Waals surface area contributed by atoms with Crippen LogP contribution in [0.4, 0.5) is 0 Å². The highest BCUT2D eigenvalue weighted by molar-refractivity contribution is 7.99. The topological polar surface area (TPSA) is 66.4 Å². The average Bonchev–Trinajstić information content (AvgIpc) is 3.08. The number of aryl methyl sites for hydroxylation is 1. The monoisotopic (exact) mass is 305 g/mol. The number of hydrogen-bond acceptors (Lipinski definition) is 3. The van der Waals surface area contributed by atoms with Crippen LogP contribution in [0.1, 0.15) is 24.0 Å². The zero-order valence-corrected chi connectivity index (χ0v) is 12.6. The van der Waals surface area contributed by atoms with Gasteiger partial charge in [0.15, 0.2) is 0 Å². The molecule has 0 radical (unpaired) electrons. The highest BCUT2D eigenvalue weighted by atomic mass is 32.2. The first kappa shape index (κ1) is 14.4. The molecule has 1 amide bonds. The predicted molar refractivity (Wildman–Crippen MR) is 82.5 cm³/mol. The Morgan fingerprint density at radius 3 is 3.00 bits per heavy atom. The summed E-state index contributed by atoms with van der Waals surface area (Å²) >= 11 is 1.33. The second kappa shape index (κ2) is 5.72. The van der Waals surface area contributed by atoms with Crippen LogP contribution in [-0.4, -0.2) is 35.0 Å². The van der Waals surface area contributed by atoms with Crippen molar-refractivity contribution in [1.29, 1.82) is 0 Å². The lowest BCUT2D eigenvalue weighted by atomic mass is 9.95. The smallest absolute Gasteiger partial charge is 0.313 e. The molecule has 1 aromatic carbocycles. The lowest BCUT2D eigenvalue weighted by Gasteiger charge is -2.11. The maximum absolute atomic E-state index is 12.2. The zero-order chi connectivity index (χ0) is 14.9. The number of carboxylic acids is 1. The molecule has 21 heavy (non-hydrogen) atoms. The quantitative estimate of drug-likeness (QED) is 0.787. The standard InChI is InChI=1S/C16H19NO3S/c18-14(19)10-21-8-7-17-15(20)13-9-16(13)6-5-11-3-1-2-4-12(11)16/h1-4,13H,5-10H2,(H,17,20)(H,18,19). The van der Waals surface area contributed by atoms with Gasteiger partial charge in [-0.15, -0.1) is 11.8 Å². The number of aliphatic carboxylic acids is 1. The molecule has 2 N–H and O–H groups in total. The van der Waals surface area contributed by atoms with Gasteiger partial charge in [-0.1, -0.05) is 24.3 Å². The van der Waals surface area contributed by atoms with E-state index in [0.29, 0.717) is 12.3 Å². The van der Waals surface area contributed by atoms with Crippen LogP contribution in [0.3, 0.4) is 0 Å². The predicted octanol–water partition coefficient (Wildman–Crippen LogP) is 1.82. The van der Waals surface area contributed by atoms with Crippen molar-refractivity contribution in [2.45, 2.75) is 24.7 Å². The molecule has 3 rings (SSSR count). The summed E-state index contributed by atoms with van der Waals surface area (Å²) in [6.45, 7) is 0.547. The maximum atomic E-state index is 12.2. The SMILES string of the molecule is O=C(O)CSCCNC(=O)C1CC12CCc1ccccc12. The lowest BCUT2D eigenvalue weighted by Crippen LogP contribution is -2.30. The van der Waals surface area contributed by atoms with Crippen LogP contribution in [0.2, 0.25) is 0 Å². The summed E-state index contributed by atoms with van der Waals surface area (Å²) in [6.07, 6.45) is 3.12. The highest BCUT2D eigenvalue weighted by Gasteiger charge is 2.61. The minimum absolute atomic E-state index is 0.0921. The number of amides is 1. The Hall–Kier alpha value is -1.49. The number of fused-ring (bicyclic) bond motifs is 2. The van der Waals surface area contributed by atoms with E-state index in [1.165, 1.54) is 22.9 Å². The van der Waals surface area contributed by atoms with E-state index in [1.54, 1.807) is 0 Å². The summed E-state index contributed by atoms with van der Waals surface area (Å²) in [5.41, 5.74) is 2.85. The molecular weight excluding hydrogens is 286 g/mol. The van der Waals surface area contributed by atoms with Gasteiger partial charge in [-0.05, 0) is 30.4 Å². The van der Waals surface area contributed by atoms with Crippen LogP contribution in [0.15, 0.2) is 24.3 Å². The molecule has 5 heteroatoms. The highest BCUT2D eigenvalue weighted by Crippen LogP contribution is 2.61. The van der Waals surface area contributed by atoms with Crippen LogP contribution in [0.5, 0.6) is 0 Å². The molecule has 1 saturated carbocycles. The number of nitrogens with one attached hydrogen (secondary N) is 1. The molecule has 0 bridgehead atoms. The molecule has 112 valence electrons. The average molecular weight is 305 g/mol. The Morgan fingerprint density at radius 2 is 2.19 bits per heavy atom. The van der Waals surface area contributed by atoms with Crippen molar-refractivity contribution in [2.24, 2.45) is 5.92 Å². The summed E-state index contributed by atoms with van der Waals surface area (Å²) in [5, 5.41) is 11.5. The first-order chi connectivity index (χ1) is 10.1. The van der Waals surface area contributed by atoms with Crippen molar-refractivity contribution in [3.8, 4) is 0 Å². The Balaban J connectivity index is 1.49. The number of carboxylic acid groups (broad SMARTS) is 1. The van der Waals surface area contributed by atoms with Crippen molar-refractivity contribution >= 4 is 23.6 Å². The molecular formula is C16H19NO3S. The van der Waals surface area contributed by atoms with Crippen LogP contribution in [0.25, 0.3) is 0 Å². The third-order valence-electron chi connectivity index (χ3n) is 4.56. The van der Waals surface area contributed by atoms with Crippen molar-refractivity contribution in [1.82, 2.24) is 5.32 Å². The lowest BCUT2D eigenvalue weighted by molar-refractivity contribution is -0.133. The molecule has 1 fully saturated rings. The van der Waals surface area contributed by atoms with Crippen LogP contribution >= 0.6 is 11.8 Å². The number of carbonyl (C=O) groups excluding carboxylic acids is 1. The van der Waals surface area contributed by atoms with Gasteiger partial charge in [-0.25, -0.2) is 0 Å². The molecule has 2 aliphatic rings. The van der Waals surface area contributed by atoms with Gasteiger partial charge in [0.1, 0.15) is 0 Å². The molecule has 0 aliphatic heterocycles. The summed E-state index contributed by atoms with van der Waals surface area (Å²) < 4.78 is 0. The molecule has 0 heterocycles. The van der Waals surface area contributed by atoms with Gasteiger partial charge in [-0.3, -0.25) is 9.59 Å². The normalized spacial score (nSPS) is 25.6. The van der Waals surface area contributed by atoms with Crippen LogP contribution in [-0.2, 0) is 21.4 Å². The van der Waals surface area contributed by atoms with E-state index in [9.17, 15) is 9.59 Å². The Labute approximate surface area is 128 Å². The van der Waals surface area contributed by atoms with E-state index in [0.717, 1.165) is 19.3 Å². The van der Waals surface area contributed by atoms with E-state index in [-0.39, 0.29) is 23.0 Å². The summed E-state index contributed by atoms with van der Waals surface area (Å²) in [4.78, 5) is 22.6. The van der Waals surface area contributed by atoms with Crippen LogP contribution < -0.4 is 5.32 Å². The Kier molecular flexibility index (Phi) is 3.93. The van der Waals surface area contributed by atoms with E-state index in [4.69, 9.17) is 5.11 Å². The third-order valence-corrected chi connectivity index (χ3v) is 5.50. The van der Waals surface area contributed by atoms with E-state index in [2.05, 4.69) is 29.6 Å². The Bertz CT molecular complexity index is 574. The zero-order valence-electron chi connectivity index (χ0n) is 11.8. The molecule has 1 aromatic rings. The summed E-state index contributed by atoms with van der Waals surface area (Å²) in [6, 6.07) is 8.45. The largest absolute Gasteiger partial charge is 0.481 e. The number of carbonyl (C=O) groups is 2. The van der Waals surface area contributed by atoms with Gasteiger partial charge >= 0.3 is 5.97 Å². The molecule has 0 saturated heterocycles. The van der Waals surface area contributed by atoms with Crippen molar-refractivity contribution in [3.63, 3.8) is 0 Å². The molecule has 2 aliphatic carbocycles.